The predicted octanol–water partition coefficient (Wildman–Crippen LogP) is 1.73. The normalized spacial score (nSPS) is 12.4. The zero-order valence-electron chi connectivity index (χ0n) is 10.6. The number of nitrogens with zero attached hydrogens (tertiary/aromatic N) is 2. The first-order valence-corrected chi connectivity index (χ1v) is 5.88. The van der Waals surface area contributed by atoms with E-state index < -0.39 is 0 Å². The molecule has 1 atom stereocenters. The third-order valence-corrected chi connectivity index (χ3v) is 2.78. The molecule has 0 bridgehead atoms. The summed E-state index contributed by atoms with van der Waals surface area (Å²) in [5.41, 5.74) is 6.67. The Balaban J connectivity index is 2.06. The number of rotatable bonds is 5. The number of benzene rings is 1. The number of aromatic nitrogens is 2. The fourth-order valence-electron chi connectivity index (χ4n) is 1.57. The van der Waals surface area contributed by atoms with Gasteiger partial charge in [0.05, 0.1) is 7.11 Å². The van der Waals surface area contributed by atoms with Crippen molar-refractivity contribution in [3.8, 4) is 5.75 Å². The third kappa shape index (κ3) is 2.87. The molecule has 0 aliphatic rings. The molecule has 2 aromatic rings. The van der Waals surface area contributed by atoms with E-state index in [9.17, 15) is 0 Å². The summed E-state index contributed by atoms with van der Waals surface area (Å²) in [6.07, 6.45) is 0.644. The van der Waals surface area contributed by atoms with E-state index in [1.165, 1.54) is 0 Å². The number of methoxy groups -OCH3 is 1. The van der Waals surface area contributed by atoms with Gasteiger partial charge in [-0.05, 0) is 17.7 Å². The van der Waals surface area contributed by atoms with Crippen LogP contribution < -0.4 is 10.5 Å². The van der Waals surface area contributed by atoms with Crippen LogP contribution in [0.4, 0.5) is 0 Å². The highest BCUT2D eigenvalue weighted by molar-refractivity contribution is 5.28. The standard InChI is InChI=1S/C13H17N3O2/c1-9(8-14)13-15-12(16-18-13)7-10-3-5-11(17-2)6-4-10/h3-6,9H,7-8,14H2,1-2H3. The van der Waals surface area contributed by atoms with Crippen molar-refractivity contribution in [2.45, 2.75) is 19.3 Å². The Kier molecular flexibility index (Phi) is 3.94. The molecule has 5 heteroatoms. The lowest BCUT2D eigenvalue weighted by Gasteiger charge is -2.01. The predicted molar refractivity (Wildman–Crippen MR) is 67.6 cm³/mol. The highest BCUT2D eigenvalue weighted by atomic mass is 16.5. The molecule has 0 aliphatic carbocycles. The van der Waals surface area contributed by atoms with Crippen LogP contribution in [-0.4, -0.2) is 23.8 Å². The van der Waals surface area contributed by atoms with Gasteiger partial charge in [0.25, 0.3) is 0 Å². The molecule has 0 saturated carbocycles. The third-order valence-electron chi connectivity index (χ3n) is 2.78. The van der Waals surface area contributed by atoms with Crippen molar-refractivity contribution in [2.75, 3.05) is 13.7 Å². The van der Waals surface area contributed by atoms with Crippen molar-refractivity contribution in [1.82, 2.24) is 10.1 Å². The minimum Gasteiger partial charge on any atom is -0.497 e. The van der Waals surface area contributed by atoms with E-state index >= 15 is 0 Å². The summed E-state index contributed by atoms with van der Waals surface area (Å²) in [6.45, 7) is 2.47. The van der Waals surface area contributed by atoms with Crippen LogP contribution in [0.5, 0.6) is 5.75 Å². The number of hydrogen-bond donors (Lipinski definition) is 1. The fourth-order valence-corrected chi connectivity index (χ4v) is 1.57. The maximum absolute atomic E-state index is 5.56. The summed E-state index contributed by atoms with van der Waals surface area (Å²) in [5, 5.41) is 3.95. The molecule has 0 fully saturated rings. The number of nitrogens with two attached hydrogens (primary N) is 1. The van der Waals surface area contributed by atoms with Gasteiger partial charge in [-0.25, -0.2) is 0 Å². The zero-order chi connectivity index (χ0) is 13.0. The van der Waals surface area contributed by atoms with E-state index in [0.29, 0.717) is 24.7 Å². The van der Waals surface area contributed by atoms with Crippen molar-refractivity contribution in [3.63, 3.8) is 0 Å². The molecule has 1 aromatic carbocycles. The molecule has 96 valence electrons. The molecule has 2 N–H and O–H groups in total. The molecule has 5 nitrogen and oxygen atoms in total. The van der Waals surface area contributed by atoms with E-state index in [0.717, 1.165) is 11.3 Å². The number of hydrogen-bond acceptors (Lipinski definition) is 5. The van der Waals surface area contributed by atoms with Crippen LogP contribution >= 0.6 is 0 Å². The Bertz CT molecular complexity index is 493. The molecule has 0 saturated heterocycles. The minimum absolute atomic E-state index is 0.0992. The van der Waals surface area contributed by atoms with Gasteiger partial charge in [0, 0.05) is 18.9 Å². The Morgan fingerprint density at radius 3 is 2.67 bits per heavy atom. The van der Waals surface area contributed by atoms with Crippen molar-refractivity contribution < 1.29 is 9.26 Å². The largest absolute Gasteiger partial charge is 0.497 e. The summed E-state index contributed by atoms with van der Waals surface area (Å²) >= 11 is 0. The molecule has 0 amide bonds. The van der Waals surface area contributed by atoms with Crippen LogP contribution in [0.2, 0.25) is 0 Å². The van der Waals surface area contributed by atoms with Gasteiger partial charge in [0.1, 0.15) is 5.75 Å². The fraction of sp³-hybridized carbons (Fsp3) is 0.385. The van der Waals surface area contributed by atoms with E-state index in [4.69, 9.17) is 15.0 Å². The van der Waals surface area contributed by atoms with Crippen LogP contribution in [0.1, 0.15) is 30.1 Å². The minimum atomic E-state index is 0.0992. The van der Waals surface area contributed by atoms with Crippen molar-refractivity contribution in [1.29, 1.82) is 0 Å². The topological polar surface area (TPSA) is 74.2 Å². The Labute approximate surface area is 106 Å². The van der Waals surface area contributed by atoms with Crippen LogP contribution in [0.25, 0.3) is 0 Å². The second-order valence-corrected chi connectivity index (χ2v) is 4.21. The molecular weight excluding hydrogens is 230 g/mol. The zero-order valence-corrected chi connectivity index (χ0v) is 10.6. The van der Waals surface area contributed by atoms with Crippen molar-refractivity contribution in [3.05, 3.63) is 41.5 Å². The molecule has 1 unspecified atom stereocenters. The lowest BCUT2D eigenvalue weighted by atomic mass is 10.1. The van der Waals surface area contributed by atoms with Crippen LogP contribution in [-0.2, 0) is 6.42 Å². The van der Waals surface area contributed by atoms with Gasteiger partial charge in [-0.1, -0.05) is 24.2 Å². The maximum atomic E-state index is 5.56. The second kappa shape index (κ2) is 5.64. The van der Waals surface area contributed by atoms with Gasteiger partial charge >= 0.3 is 0 Å². The molecule has 0 spiro atoms. The molecular formula is C13H17N3O2. The Morgan fingerprint density at radius 2 is 2.06 bits per heavy atom. The first-order valence-electron chi connectivity index (χ1n) is 5.88. The Morgan fingerprint density at radius 1 is 1.33 bits per heavy atom. The SMILES string of the molecule is COc1ccc(Cc2noc(C(C)CN)n2)cc1. The first-order chi connectivity index (χ1) is 8.72. The lowest BCUT2D eigenvalue weighted by Crippen LogP contribution is -2.09. The monoisotopic (exact) mass is 247 g/mol. The van der Waals surface area contributed by atoms with Gasteiger partial charge in [0.2, 0.25) is 5.89 Å². The average molecular weight is 247 g/mol. The van der Waals surface area contributed by atoms with E-state index in [-0.39, 0.29) is 5.92 Å². The van der Waals surface area contributed by atoms with Crippen LogP contribution in [0.3, 0.4) is 0 Å². The van der Waals surface area contributed by atoms with Crippen LogP contribution in [0.15, 0.2) is 28.8 Å². The van der Waals surface area contributed by atoms with E-state index in [1.54, 1.807) is 7.11 Å². The summed E-state index contributed by atoms with van der Waals surface area (Å²) in [6, 6.07) is 7.81. The molecule has 2 rings (SSSR count). The van der Waals surface area contributed by atoms with Crippen LogP contribution in [0, 0.1) is 0 Å². The lowest BCUT2D eigenvalue weighted by molar-refractivity contribution is 0.357. The highest BCUT2D eigenvalue weighted by Crippen LogP contribution is 2.15. The summed E-state index contributed by atoms with van der Waals surface area (Å²) in [5.74, 6) is 2.21. The van der Waals surface area contributed by atoms with Crippen molar-refractivity contribution in [2.24, 2.45) is 5.73 Å². The summed E-state index contributed by atoms with van der Waals surface area (Å²) in [4.78, 5) is 4.33. The van der Waals surface area contributed by atoms with E-state index in [2.05, 4.69) is 10.1 Å². The maximum Gasteiger partial charge on any atom is 0.230 e. The number of ether oxygens (including phenoxy) is 1. The van der Waals surface area contributed by atoms with Gasteiger partial charge < -0.3 is 15.0 Å². The molecule has 0 aliphatic heterocycles. The van der Waals surface area contributed by atoms with Gasteiger partial charge in [-0.2, -0.15) is 4.98 Å². The second-order valence-electron chi connectivity index (χ2n) is 4.21. The Hall–Kier alpha value is -1.88. The quantitative estimate of drug-likeness (QED) is 0.871. The van der Waals surface area contributed by atoms with Gasteiger partial charge in [0.15, 0.2) is 5.82 Å². The molecule has 0 radical (unpaired) electrons. The highest BCUT2D eigenvalue weighted by Gasteiger charge is 2.12. The van der Waals surface area contributed by atoms with Gasteiger partial charge in [-0.15, -0.1) is 0 Å². The molecule has 1 heterocycles. The summed E-state index contributed by atoms with van der Waals surface area (Å²) < 4.78 is 10.3. The van der Waals surface area contributed by atoms with Crippen molar-refractivity contribution >= 4 is 0 Å². The summed E-state index contributed by atoms with van der Waals surface area (Å²) in [7, 11) is 1.65. The van der Waals surface area contributed by atoms with E-state index in [1.807, 2.05) is 31.2 Å². The van der Waals surface area contributed by atoms with Gasteiger partial charge in [-0.3, -0.25) is 0 Å². The molecule has 1 aromatic heterocycles. The smallest absolute Gasteiger partial charge is 0.230 e. The average Bonchev–Trinajstić information content (AvgIpc) is 2.87. The first kappa shape index (κ1) is 12.6. The molecule has 18 heavy (non-hydrogen) atoms.